The summed E-state index contributed by atoms with van der Waals surface area (Å²) in [5, 5.41) is 9.90. The first kappa shape index (κ1) is 22.1. The highest BCUT2D eigenvalue weighted by atomic mass is 32.2. The minimum Gasteiger partial charge on any atom is -0.332 e. The molecule has 0 heterocycles. The fourth-order valence-electron chi connectivity index (χ4n) is 3.16. The molecule has 0 fully saturated rings. The lowest BCUT2D eigenvalue weighted by Gasteiger charge is -2.20. The van der Waals surface area contributed by atoms with Crippen molar-refractivity contribution in [2.45, 2.75) is 44.6 Å². The van der Waals surface area contributed by atoms with E-state index in [-0.39, 0.29) is 23.4 Å². The summed E-state index contributed by atoms with van der Waals surface area (Å²) in [5.74, 6) is 0.232. The van der Waals surface area contributed by atoms with Gasteiger partial charge in [0.25, 0.3) is 5.91 Å². The van der Waals surface area contributed by atoms with E-state index in [2.05, 4.69) is 50.4 Å². The van der Waals surface area contributed by atoms with E-state index in [9.17, 15) is 13.2 Å². The van der Waals surface area contributed by atoms with Crippen molar-refractivity contribution < 1.29 is 18.5 Å². The molecule has 6 nitrogen and oxygen atoms in total. The van der Waals surface area contributed by atoms with Gasteiger partial charge < -0.3 is 10.6 Å². The number of carbonyl (C=O) groups is 1. The number of rotatable bonds is 9. The summed E-state index contributed by atoms with van der Waals surface area (Å²) in [4.78, 5) is 12.3. The molecule has 7 heteroatoms. The first-order valence-electron chi connectivity index (χ1n) is 9.55. The van der Waals surface area contributed by atoms with E-state index in [1.807, 2.05) is 5.32 Å². The molecular weight excluding hydrogens is 374 g/mol. The predicted molar refractivity (Wildman–Crippen MR) is 111 cm³/mol. The maximum absolute atomic E-state index is 12.3. The van der Waals surface area contributed by atoms with Crippen LogP contribution in [0.3, 0.4) is 0 Å². The second-order valence-corrected chi connectivity index (χ2v) is 8.88. The molecule has 1 amide bonds. The molecule has 152 valence electrons. The molecule has 5 N–H and O–H groups in total. The highest BCUT2D eigenvalue weighted by Gasteiger charge is 2.20. The van der Waals surface area contributed by atoms with Crippen molar-refractivity contribution in [3.05, 3.63) is 59.7 Å². The number of nitrogens with one attached hydrogen (secondary N) is 1. The molecule has 0 spiro atoms. The molecule has 0 aliphatic heterocycles. The predicted octanol–water partition coefficient (Wildman–Crippen LogP) is 2.19. The van der Waals surface area contributed by atoms with Crippen LogP contribution in [0.15, 0.2) is 53.4 Å². The van der Waals surface area contributed by atoms with E-state index in [0.717, 1.165) is 12.8 Å². The normalized spacial score (nSPS) is 12.8. The molecule has 0 aromatic heterocycles. The van der Waals surface area contributed by atoms with Gasteiger partial charge in [-0.25, -0.2) is 13.6 Å². The summed E-state index contributed by atoms with van der Waals surface area (Å²) in [6.45, 7) is 6.73. The van der Waals surface area contributed by atoms with Gasteiger partial charge in [0.15, 0.2) is 6.54 Å². The number of nitrogens with two attached hydrogens (primary N) is 2. The van der Waals surface area contributed by atoms with Crippen LogP contribution >= 0.6 is 0 Å². The van der Waals surface area contributed by atoms with Crippen LogP contribution in [-0.4, -0.2) is 20.9 Å². The average molecular weight is 405 g/mol. The Balaban J connectivity index is 1.96. The second-order valence-electron chi connectivity index (χ2n) is 7.32. The second kappa shape index (κ2) is 9.82. The van der Waals surface area contributed by atoms with Gasteiger partial charge in [-0.2, -0.15) is 0 Å². The fourth-order valence-corrected chi connectivity index (χ4v) is 3.68. The fraction of sp³-hybridized carbons (Fsp3) is 0.381. The van der Waals surface area contributed by atoms with Gasteiger partial charge in [0.2, 0.25) is 10.0 Å². The van der Waals surface area contributed by atoms with Crippen LogP contribution in [0.25, 0.3) is 0 Å². The van der Waals surface area contributed by atoms with E-state index in [0.29, 0.717) is 11.6 Å². The number of benzene rings is 2. The first-order chi connectivity index (χ1) is 13.2. The van der Waals surface area contributed by atoms with Crippen LogP contribution in [0.2, 0.25) is 0 Å². The Morgan fingerprint density at radius 3 is 2.18 bits per heavy atom. The summed E-state index contributed by atoms with van der Waals surface area (Å²) in [6, 6.07) is 14.6. The topological polar surface area (TPSA) is 106 Å². The first-order valence-corrected chi connectivity index (χ1v) is 11.1. The smallest absolute Gasteiger partial charge is 0.279 e. The Labute approximate surface area is 167 Å². The van der Waals surface area contributed by atoms with Crippen LogP contribution in [-0.2, 0) is 21.2 Å². The molecule has 0 unspecified atom stereocenters. The molecule has 0 saturated carbocycles. The number of hydrogen-bond donors (Lipinski definition) is 3. The number of carbonyl (C=O) groups excluding carboxylic acids is 1. The lowest BCUT2D eigenvalue weighted by molar-refractivity contribution is -0.692. The molecule has 0 saturated heterocycles. The van der Waals surface area contributed by atoms with Crippen molar-refractivity contribution in [1.29, 1.82) is 0 Å². The van der Waals surface area contributed by atoms with E-state index in [1.54, 1.807) is 0 Å². The van der Waals surface area contributed by atoms with Gasteiger partial charge in [-0.3, -0.25) is 4.79 Å². The van der Waals surface area contributed by atoms with Gasteiger partial charge in [-0.15, -0.1) is 0 Å². The number of sulfonamides is 1. The van der Waals surface area contributed by atoms with Gasteiger partial charge in [0.05, 0.1) is 4.90 Å². The van der Waals surface area contributed by atoms with E-state index in [1.165, 1.54) is 35.4 Å². The van der Waals surface area contributed by atoms with Crippen LogP contribution < -0.4 is 15.8 Å². The van der Waals surface area contributed by atoms with Crippen LogP contribution in [0.4, 0.5) is 5.69 Å². The summed E-state index contributed by atoms with van der Waals surface area (Å²) >= 11 is 0. The zero-order valence-corrected chi connectivity index (χ0v) is 17.5. The largest absolute Gasteiger partial charge is 0.332 e. The van der Waals surface area contributed by atoms with E-state index >= 15 is 0 Å². The molecule has 2 rings (SSSR count). The van der Waals surface area contributed by atoms with Crippen molar-refractivity contribution in [3.63, 3.8) is 0 Å². The Hall–Kier alpha value is -2.22. The number of primary sulfonamides is 1. The third-order valence-corrected chi connectivity index (χ3v) is 5.57. The zero-order chi connectivity index (χ0) is 20.7. The number of aryl methyl sites for hydroxylation is 1. The Bertz CT molecular complexity index is 876. The molecule has 0 aliphatic rings. The number of anilines is 1. The van der Waals surface area contributed by atoms with Crippen molar-refractivity contribution >= 4 is 21.6 Å². The average Bonchev–Trinajstić information content (AvgIpc) is 2.63. The van der Waals surface area contributed by atoms with Crippen molar-refractivity contribution in [2.24, 2.45) is 11.1 Å². The number of quaternary nitrogens is 1. The van der Waals surface area contributed by atoms with Gasteiger partial charge in [0.1, 0.15) is 6.04 Å². The summed E-state index contributed by atoms with van der Waals surface area (Å²) in [6.07, 6.45) is 2.19. The Kier molecular flexibility index (Phi) is 7.74. The van der Waals surface area contributed by atoms with Gasteiger partial charge >= 0.3 is 0 Å². The third kappa shape index (κ3) is 6.44. The maximum atomic E-state index is 12.3. The summed E-state index contributed by atoms with van der Waals surface area (Å²) in [5.41, 5.74) is 3.07. The quantitative estimate of drug-likeness (QED) is 0.596. The summed E-state index contributed by atoms with van der Waals surface area (Å²) < 4.78 is 22.6. The number of hydrogen-bond acceptors (Lipinski definition) is 3. The number of amides is 1. The van der Waals surface area contributed by atoms with Crippen LogP contribution in [0.5, 0.6) is 0 Å². The standard InChI is InChI=1S/C21H29N3O3S/c1-4-5-16-6-8-17(9-7-16)21(15(2)3)23-14-20(25)24-18-10-12-19(13-11-18)28(22,26)27/h6-13,15,21,23H,4-5,14H2,1-3H3,(H,24,25)(H2,22,26,27)/p+1/t21-/m0/s1. The van der Waals surface area contributed by atoms with Gasteiger partial charge in [0, 0.05) is 17.2 Å². The SMILES string of the molecule is CCCc1ccc([C@@H]([NH2+]CC(=O)Nc2ccc(S(N)(=O)=O)cc2)C(C)C)cc1. The molecule has 2 aromatic carbocycles. The Morgan fingerprint density at radius 2 is 1.68 bits per heavy atom. The molecule has 0 radical (unpaired) electrons. The lowest BCUT2D eigenvalue weighted by atomic mass is 9.94. The van der Waals surface area contributed by atoms with Crippen molar-refractivity contribution in [1.82, 2.24) is 0 Å². The van der Waals surface area contributed by atoms with Crippen molar-refractivity contribution in [3.8, 4) is 0 Å². The minimum absolute atomic E-state index is 0.0171. The minimum atomic E-state index is -3.74. The molecule has 28 heavy (non-hydrogen) atoms. The zero-order valence-electron chi connectivity index (χ0n) is 16.7. The third-order valence-electron chi connectivity index (χ3n) is 4.65. The highest BCUT2D eigenvalue weighted by molar-refractivity contribution is 7.89. The van der Waals surface area contributed by atoms with Crippen LogP contribution in [0, 0.1) is 5.92 Å². The maximum Gasteiger partial charge on any atom is 0.279 e. The Morgan fingerprint density at radius 1 is 1.07 bits per heavy atom. The van der Waals surface area contributed by atoms with Crippen LogP contribution in [0.1, 0.15) is 44.4 Å². The highest BCUT2D eigenvalue weighted by Crippen LogP contribution is 2.19. The van der Waals surface area contributed by atoms with E-state index < -0.39 is 10.0 Å². The molecule has 1 atom stereocenters. The lowest BCUT2D eigenvalue weighted by Crippen LogP contribution is -2.88. The summed E-state index contributed by atoms with van der Waals surface area (Å²) in [7, 11) is -3.74. The van der Waals surface area contributed by atoms with Gasteiger partial charge in [-0.1, -0.05) is 51.5 Å². The molecule has 2 aromatic rings. The molecule has 0 aliphatic carbocycles. The van der Waals surface area contributed by atoms with Crippen molar-refractivity contribution in [2.75, 3.05) is 11.9 Å². The molecule has 0 bridgehead atoms. The van der Waals surface area contributed by atoms with Gasteiger partial charge in [-0.05, 0) is 36.2 Å². The molecular formula is C21H30N3O3S+. The monoisotopic (exact) mass is 404 g/mol. The van der Waals surface area contributed by atoms with E-state index in [4.69, 9.17) is 5.14 Å².